The lowest BCUT2D eigenvalue weighted by atomic mass is 9.90. The SMILES string of the molecule is Cc1cc(OCC(=O)O)cc(N2CC(CCC[C@H](C)c3cccc4ccccc34)Oc3ccccc32)c1. The first kappa shape index (κ1) is 24.7. The summed E-state index contributed by atoms with van der Waals surface area (Å²) in [6, 6.07) is 29.2. The van der Waals surface area contributed by atoms with Crippen LogP contribution in [0.3, 0.4) is 0 Å². The van der Waals surface area contributed by atoms with Crippen LogP contribution in [0.2, 0.25) is 0 Å². The molecule has 0 aliphatic carbocycles. The summed E-state index contributed by atoms with van der Waals surface area (Å²) in [5.74, 6) is 0.901. The molecule has 1 aliphatic rings. The number of carboxylic acid groups (broad SMARTS) is 1. The molecule has 0 aromatic heterocycles. The minimum Gasteiger partial charge on any atom is -0.486 e. The first-order chi connectivity index (χ1) is 18.0. The van der Waals surface area contributed by atoms with E-state index in [0.717, 1.165) is 48.5 Å². The molecular formula is C32H33NO4. The number of aliphatic carboxylic acids is 1. The number of hydrogen-bond donors (Lipinski definition) is 1. The Morgan fingerprint density at radius 3 is 2.70 bits per heavy atom. The molecule has 0 bridgehead atoms. The zero-order chi connectivity index (χ0) is 25.8. The summed E-state index contributed by atoms with van der Waals surface area (Å²) in [6.07, 6.45) is 3.16. The monoisotopic (exact) mass is 495 g/mol. The van der Waals surface area contributed by atoms with Crippen LogP contribution in [-0.4, -0.2) is 30.3 Å². The molecule has 4 aromatic rings. The maximum atomic E-state index is 11.0. The van der Waals surface area contributed by atoms with Crippen molar-refractivity contribution < 1.29 is 19.4 Å². The number of nitrogens with zero attached hydrogens (tertiary/aromatic N) is 1. The average molecular weight is 496 g/mol. The fourth-order valence-electron chi connectivity index (χ4n) is 5.29. The molecule has 5 heteroatoms. The van der Waals surface area contributed by atoms with Crippen molar-refractivity contribution in [3.05, 3.63) is 96.1 Å². The highest BCUT2D eigenvalue weighted by molar-refractivity contribution is 5.86. The molecule has 1 unspecified atom stereocenters. The Kier molecular flexibility index (Phi) is 7.31. The number of para-hydroxylation sites is 2. The summed E-state index contributed by atoms with van der Waals surface area (Å²) in [7, 11) is 0. The van der Waals surface area contributed by atoms with Gasteiger partial charge in [0.25, 0.3) is 0 Å². The maximum absolute atomic E-state index is 11.0. The number of carbonyl (C=O) groups is 1. The van der Waals surface area contributed by atoms with Crippen molar-refractivity contribution in [1.29, 1.82) is 0 Å². The van der Waals surface area contributed by atoms with Crippen LogP contribution in [0.1, 0.15) is 43.2 Å². The molecule has 4 aromatic carbocycles. The van der Waals surface area contributed by atoms with Crippen molar-refractivity contribution in [2.75, 3.05) is 18.1 Å². The molecule has 0 spiro atoms. The second-order valence-corrected chi connectivity index (χ2v) is 9.91. The van der Waals surface area contributed by atoms with E-state index in [1.54, 1.807) is 0 Å². The van der Waals surface area contributed by atoms with Gasteiger partial charge in [-0.15, -0.1) is 0 Å². The Bertz CT molecular complexity index is 1390. The van der Waals surface area contributed by atoms with Crippen molar-refractivity contribution in [2.45, 2.75) is 45.1 Å². The van der Waals surface area contributed by atoms with E-state index in [-0.39, 0.29) is 12.7 Å². The highest BCUT2D eigenvalue weighted by Gasteiger charge is 2.27. The minimum absolute atomic E-state index is 0.0542. The van der Waals surface area contributed by atoms with E-state index in [9.17, 15) is 4.79 Å². The summed E-state index contributed by atoms with van der Waals surface area (Å²) in [5.41, 5.74) is 4.41. The quantitative estimate of drug-likeness (QED) is 0.261. The second kappa shape index (κ2) is 11.0. The highest BCUT2D eigenvalue weighted by Crippen LogP contribution is 2.40. The summed E-state index contributed by atoms with van der Waals surface area (Å²) in [5, 5.41) is 11.7. The van der Waals surface area contributed by atoms with Crippen molar-refractivity contribution in [3.63, 3.8) is 0 Å². The predicted octanol–water partition coefficient (Wildman–Crippen LogP) is 7.48. The molecule has 2 atom stereocenters. The molecule has 0 fully saturated rings. The fraction of sp³-hybridized carbons (Fsp3) is 0.281. The summed E-state index contributed by atoms with van der Waals surface area (Å²) < 4.78 is 11.9. The molecule has 0 amide bonds. The topological polar surface area (TPSA) is 59.0 Å². The zero-order valence-electron chi connectivity index (χ0n) is 21.4. The number of anilines is 2. The number of carboxylic acids is 1. The standard InChI is InChI=1S/C32H33NO4/c1-22-17-25(19-27(18-22)36-21-32(34)35)33-20-26(37-31-16-6-5-15-30(31)33)12-7-9-23(2)28-14-8-11-24-10-3-4-13-29(24)28/h3-6,8,10-11,13-19,23,26H,7,9,12,20-21H2,1-2H3,(H,34,35)/t23-,26?/m0/s1. The van der Waals surface area contributed by atoms with E-state index in [1.165, 1.54) is 16.3 Å². The lowest BCUT2D eigenvalue weighted by Crippen LogP contribution is -2.37. The van der Waals surface area contributed by atoms with E-state index in [0.29, 0.717) is 11.7 Å². The zero-order valence-corrected chi connectivity index (χ0v) is 21.4. The molecule has 37 heavy (non-hydrogen) atoms. The third-order valence-corrected chi connectivity index (χ3v) is 7.06. The van der Waals surface area contributed by atoms with Crippen LogP contribution in [0.15, 0.2) is 84.9 Å². The van der Waals surface area contributed by atoms with Crippen LogP contribution in [0.4, 0.5) is 11.4 Å². The Labute approximate surface area is 218 Å². The van der Waals surface area contributed by atoms with Crippen LogP contribution in [-0.2, 0) is 4.79 Å². The number of hydrogen-bond acceptors (Lipinski definition) is 4. The van der Waals surface area contributed by atoms with Gasteiger partial charge in [0.2, 0.25) is 0 Å². The number of aryl methyl sites for hydroxylation is 1. The van der Waals surface area contributed by atoms with Crippen LogP contribution in [0.5, 0.6) is 11.5 Å². The Balaban J connectivity index is 1.30. The van der Waals surface area contributed by atoms with Crippen LogP contribution in [0.25, 0.3) is 10.8 Å². The molecule has 0 radical (unpaired) electrons. The number of fused-ring (bicyclic) bond motifs is 2. The van der Waals surface area contributed by atoms with E-state index < -0.39 is 5.97 Å². The van der Waals surface area contributed by atoms with Crippen LogP contribution in [0, 0.1) is 6.92 Å². The lowest BCUT2D eigenvalue weighted by Gasteiger charge is -2.37. The molecule has 5 nitrogen and oxygen atoms in total. The van der Waals surface area contributed by atoms with E-state index in [2.05, 4.69) is 66.4 Å². The number of rotatable bonds is 9. The van der Waals surface area contributed by atoms with Crippen molar-refractivity contribution in [2.24, 2.45) is 0 Å². The summed E-state index contributed by atoms with van der Waals surface area (Å²) in [4.78, 5) is 13.3. The third kappa shape index (κ3) is 5.72. The molecule has 5 rings (SSSR count). The smallest absolute Gasteiger partial charge is 0.341 e. The normalized spacial score (nSPS) is 15.6. The molecule has 0 saturated carbocycles. The first-order valence-electron chi connectivity index (χ1n) is 12.9. The molecule has 190 valence electrons. The van der Waals surface area contributed by atoms with Crippen molar-refractivity contribution in [3.8, 4) is 11.5 Å². The van der Waals surface area contributed by atoms with Gasteiger partial charge in [-0.25, -0.2) is 4.79 Å². The largest absolute Gasteiger partial charge is 0.486 e. The third-order valence-electron chi connectivity index (χ3n) is 7.06. The van der Waals surface area contributed by atoms with Crippen molar-refractivity contribution >= 4 is 28.1 Å². The average Bonchev–Trinajstić information content (AvgIpc) is 2.90. The predicted molar refractivity (Wildman–Crippen MR) is 148 cm³/mol. The van der Waals surface area contributed by atoms with E-state index in [4.69, 9.17) is 14.6 Å². The molecule has 1 heterocycles. The van der Waals surface area contributed by atoms with Crippen LogP contribution >= 0.6 is 0 Å². The van der Waals surface area contributed by atoms with Gasteiger partial charge in [0, 0.05) is 11.8 Å². The van der Waals surface area contributed by atoms with E-state index >= 15 is 0 Å². The van der Waals surface area contributed by atoms with Crippen LogP contribution < -0.4 is 14.4 Å². The molecule has 1 N–H and O–H groups in total. The highest BCUT2D eigenvalue weighted by atomic mass is 16.5. The Morgan fingerprint density at radius 2 is 1.84 bits per heavy atom. The fourth-order valence-corrected chi connectivity index (χ4v) is 5.29. The Morgan fingerprint density at radius 1 is 1.05 bits per heavy atom. The van der Waals surface area contributed by atoms with Gasteiger partial charge in [0.05, 0.1) is 12.2 Å². The molecule has 1 aliphatic heterocycles. The first-order valence-corrected chi connectivity index (χ1v) is 12.9. The lowest BCUT2D eigenvalue weighted by molar-refractivity contribution is -0.139. The van der Waals surface area contributed by atoms with Crippen molar-refractivity contribution in [1.82, 2.24) is 0 Å². The van der Waals surface area contributed by atoms with Gasteiger partial charge in [0.15, 0.2) is 6.61 Å². The molecule has 0 saturated heterocycles. The molecular weight excluding hydrogens is 462 g/mol. The van der Waals surface area contributed by atoms with Gasteiger partial charge in [-0.3, -0.25) is 0 Å². The summed E-state index contributed by atoms with van der Waals surface area (Å²) in [6.45, 7) is 4.67. The maximum Gasteiger partial charge on any atom is 0.341 e. The second-order valence-electron chi connectivity index (χ2n) is 9.91. The minimum atomic E-state index is -0.988. The van der Waals surface area contributed by atoms with Gasteiger partial charge < -0.3 is 19.5 Å². The Hall–Kier alpha value is -3.99. The number of benzene rings is 4. The van der Waals surface area contributed by atoms with E-state index in [1.807, 2.05) is 37.3 Å². The van der Waals surface area contributed by atoms with Gasteiger partial charge in [-0.2, -0.15) is 0 Å². The van der Waals surface area contributed by atoms with Gasteiger partial charge >= 0.3 is 5.97 Å². The van der Waals surface area contributed by atoms with Gasteiger partial charge in [0.1, 0.15) is 17.6 Å². The number of ether oxygens (including phenoxy) is 2. The van der Waals surface area contributed by atoms with Gasteiger partial charge in [-0.1, -0.05) is 61.5 Å². The summed E-state index contributed by atoms with van der Waals surface area (Å²) >= 11 is 0. The van der Waals surface area contributed by atoms with Gasteiger partial charge in [-0.05, 0) is 78.3 Å².